The van der Waals surface area contributed by atoms with Crippen molar-refractivity contribution >= 4 is 22.2 Å². The van der Waals surface area contributed by atoms with Gasteiger partial charge in [-0.2, -0.15) is 5.10 Å². The molecule has 2 N–H and O–H groups in total. The van der Waals surface area contributed by atoms with Gasteiger partial charge >= 0.3 is 0 Å². The minimum Gasteiger partial charge on any atom is -0.321 e. The van der Waals surface area contributed by atoms with Gasteiger partial charge < -0.3 is 4.98 Å². The summed E-state index contributed by atoms with van der Waals surface area (Å²) >= 11 is 0. The summed E-state index contributed by atoms with van der Waals surface area (Å²) in [5, 5.41) is 8.22. The van der Waals surface area contributed by atoms with Crippen molar-refractivity contribution in [2.75, 3.05) is 0 Å². The molecule has 0 aliphatic heterocycles. The number of rotatable bonds is 2. The molecule has 0 amide bonds. The maximum atomic E-state index is 4.57. The molecule has 7 nitrogen and oxygen atoms in total. The lowest BCUT2D eigenvalue weighted by molar-refractivity contribution is 1.09. The van der Waals surface area contributed by atoms with E-state index in [1.54, 1.807) is 12.4 Å². The Morgan fingerprint density at radius 1 is 0.875 bits per heavy atom. The fourth-order valence-electron chi connectivity index (χ4n) is 2.73. The van der Waals surface area contributed by atoms with Crippen molar-refractivity contribution in [1.82, 2.24) is 35.1 Å². The Labute approximate surface area is 135 Å². The third-order valence-corrected chi connectivity index (χ3v) is 3.89. The van der Waals surface area contributed by atoms with Gasteiger partial charge in [0.25, 0.3) is 0 Å². The number of H-pyrrole nitrogens is 2. The number of aromatic nitrogens is 7. The van der Waals surface area contributed by atoms with Crippen molar-refractivity contribution in [3.05, 3.63) is 55.1 Å². The Kier molecular flexibility index (Phi) is 2.66. The largest absolute Gasteiger partial charge is 0.321 e. The van der Waals surface area contributed by atoms with Crippen molar-refractivity contribution in [1.29, 1.82) is 0 Å². The molecule has 0 atom stereocenters. The zero-order valence-corrected chi connectivity index (χ0v) is 12.4. The van der Waals surface area contributed by atoms with Crippen LogP contribution in [0.3, 0.4) is 0 Å². The minimum atomic E-state index is 0.667. The number of fused-ring (bicyclic) bond motifs is 2. The monoisotopic (exact) mass is 313 g/mol. The third kappa shape index (κ3) is 1.95. The normalized spacial score (nSPS) is 11.3. The van der Waals surface area contributed by atoms with Crippen molar-refractivity contribution in [2.24, 2.45) is 0 Å². The number of hydrogen-bond acceptors (Lipinski definition) is 5. The van der Waals surface area contributed by atoms with E-state index in [1.807, 2.05) is 42.7 Å². The van der Waals surface area contributed by atoms with Gasteiger partial charge in [0.1, 0.15) is 11.2 Å². The van der Waals surface area contributed by atoms with E-state index in [0.717, 1.165) is 33.4 Å². The second-order valence-electron chi connectivity index (χ2n) is 5.39. The van der Waals surface area contributed by atoms with Crippen LogP contribution in [-0.4, -0.2) is 35.1 Å². The molecule has 0 aliphatic rings. The lowest BCUT2D eigenvalue weighted by atomic mass is 10.1. The average molecular weight is 313 g/mol. The van der Waals surface area contributed by atoms with Crippen LogP contribution in [0.15, 0.2) is 55.1 Å². The van der Waals surface area contributed by atoms with Gasteiger partial charge in [0.2, 0.25) is 0 Å². The lowest BCUT2D eigenvalue weighted by Gasteiger charge is -2.00. The maximum absolute atomic E-state index is 4.57. The van der Waals surface area contributed by atoms with Crippen molar-refractivity contribution in [2.45, 2.75) is 0 Å². The molecule has 5 rings (SSSR count). The van der Waals surface area contributed by atoms with E-state index in [0.29, 0.717) is 11.5 Å². The molecule has 5 heterocycles. The first-order valence-electron chi connectivity index (χ1n) is 7.44. The molecule has 0 saturated heterocycles. The van der Waals surface area contributed by atoms with Crippen LogP contribution in [-0.2, 0) is 0 Å². The van der Waals surface area contributed by atoms with Crippen LogP contribution in [0, 0.1) is 0 Å². The van der Waals surface area contributed by atoms with Gasteiger partial charge in [0.05, 0.1) is 5.39 Å². The second kappa shape index (κ2) is 4.95. The van der Waals surface area contributed by atoms with E-state index in [4.69, 9.17) is 0 Å². The summed E-state index contributed by atoms with van der Waals surface area (Å²) in [4.78, 5) is 20.7. The fourth-order valence-corrected chi connectivity index (χ4v) is 2.73. The molecular formula is C17H11N7. The van der Waals surface area contributed by atoms with Crippen LogP contribution in [0.4, 0.5) is 0 Å². The summed E-state index contributed by atoms with van der Waals surface area (Å²) in [5.41, 5.74) is 4.96. The van der Waals surface area contributed by atoms with E-state index in [2.05, 4.69) is 35.1 Å². The Balaban J connectivity index is 1.71. The van der Waals surface area contributed by atoms with Gasteiger partial charge in [0.15, 0.2) is 17.1 Å². The Bertz CT molecular complexity index is 1120. The van der Waals surface area contributed by atoms with Gasteiger partial charge in [-0.1, -0.05) is 6.07 Å². The highest BCUT2D eigenvalue weighted by molar-refractivity contribution is 5.93. The Morgan fingerprint density at radius 2 is 1.83 bits per heavy atom. The van der Waals surface area contributed by atoms with Crippen LogP contribution < -0.4 is 0 Å². The van der Waals surface area contributed by atoms with Gasteiger partial charge in [-0.3, -0.25) is 10.1 Å². The SMILES string of the molecule is c1cncc(-c2cnc3[nH]nc(-c4nc5cccnc5[nH]4)c3c2)c1. The molecule has 0 saturated carbocycles. The van der Waals surface area contributed by atoms with E-state index in [9.17, 15) is 0 Å². The maximum Gasteiger partial charge on any atom is 0.161 e. The van der Waals surface area contributed by atoms with Crippen LogP contribution in [0.25, 0.3) is 44.8 Å². The number of nitrogens with one attached hydrogen (secondary N) is 2. The summed E-state index contributed by atoms with van der Waals surface area (Å²) in [5.74, 6) is 0.667. The van der Waals surface area contributed by atoms with E-state index >= 15 is 0 Å². The topological polar surface area (TPSA) is 96.0 Å². The van der Waals surface area contributed by atoms with Gasteiger partial charge in [-0.15, -0.1) is 0 Å². The Morgan fingerprint density at radius 3 is 2.71 bits per heavy atom. The predicted octanol–water partition coefficient (Wildman–Crippen LogP) is 2.96. The smallest absolute Gasteiger partial charge is 0.161 e. The summed E-state index contributed by atoms with van der Waals surface area (Å²) in [6.45, 7) is 0. The van der Waals surface area contributed by atoms with Crippen molar-refractivity contribution < 1.29 is 0 Å². The third-order valence-electron chi connectivity index (χ3n) is 3.89. The zero-order chi connectivity index (χ0) is 15.9. The summed E-state index contributed by atoms with van der Waals surface area (Å²) in [7, 11) is 0. The standard InChI is InChI=1S/C17H11N7/c1-3-10(8-18-5-1)11-7-12-14(23-24-15(12)20-9-11)17-21-13-4-2-6-19-16(13)22-17/h1-9H,(H,19,21,22)(H,20,23,24). The number of pyridine rings is 3. The molecule has 24 heavy (non-hydrogen) atoms. The van der Waals surface area contributed by atoms with Gasteiger partial charge in [-0.25, -0.2) is 15.0 Å². The Hall–Kier alpha value is -3.61. The molecule has 0 radical (unpaired) electrons. The number of nitrogens with zero attached hydrogens (tertiary/aromatic N) is 5. The molecule has 0 aliphatic carbocycles. The van der Waals surface area contributed by atoms with E-state index in [-0.39, 0.29) is 0 Å². The first-order valence-corrected chi connectivity index (χ1v) is 7.44. The van der Waals surface area contributed by atoms with E-state index < -0.39 is 0 Å². The minimum absolute atomic E-state index is 0.667. The zero-order valence-electron chi connectivity index (χ0n) is 12.4. The molecule has 114 valence electrons. The molecule has 0 bridgehead atoms. The molecule has 0 unspecified atom stereocenters. The molecule has 5 aromatic rings. The first kappa shape index (κ1) is 12.9. The van der Waals surface area contributed by atoms with E-state index in [1.165, 1.54) is 0 Å². The summed E-state index contributed by atoms with van der Waals surface area (Å²) < 4.78 is 0. The van der Waals surface area contributed by atoms with Gasteiger partial charge in [0, 0.05) is 35.9 Å². The predicted molar refractivity (Wildman–Crippen MR) is 90.0 cm³/mol. The molecule has 7 heteroatoms. The van der Waals surface area contributed by atoms with Crippen molar-refractivity contribution in [3.63, 3.8) is 0 Å². The molecular weight excluding hydrogens is 302 g/mol. The van der Waals surface area contributed by atoms with Crippen LogP contribution in [0.5, 0.6) is 0 Å². The highest BCUT2D eigenvalue weighted by Gasteiger charge is 2.14. The number of aromatic amines is 2. The highest BCUT2D eigenvalue weighted by atomic mass is 15.2. The van der Waals surface area contributed by atoms with Crippen LogP contribution in [0.2, 0.25) is 0 Å². The lowest BCUT2D eigenvalue weighted by Crippen LogP contribution is -1.84. The van der Waals surface area contributed by atoms with Crippen molar-refractivity contribution in [3.8, 4) is 22.6 Å². The fraction of sp³-hybridized carbons (Fsp3) is 0. The highest BCUT2D eigenvalue weighted by Crippen LogP contribution is 2.28. The molecule has 5 aromatic heterocycles. The quantitative estimate of drug-likeness (QED) is 0.522. The van der Waals surface area contributed by atoms with Crippen LogP contribution >= 0.6 is 0 Å². The molecule has 0 fully saturated rings. The summed E-state index contributed by atoms with van der Waals surface area (Å²) in [6, 6.07) is 9.72. The number of imidazole rings is 1. The second-order valence-corrected chi connectivity index (χ2v) is 5.39. The molecule has 0 spiro atoms. The van der Waals surface area contributed by atoms with Gasteiger partial charge in [-0.05, 0) is 24.3 Å². The summed E-state index contributed by atoms with van der Waals surface area (Å²) in [6.07, 6.45) is 7.10. The molecule has 0 aromatic carbocycles. The number of hydrogen-bond donors (Lipinski definition) is 2. The first-order chi connectivity index (χ1) is 11.9. The van der Waals surface area contributed by atoms with Crippen LogP contribution in [0.1, 0.15) is 0 Å². The average Bonchev–Trinajstić information content (AvgIpc) is 3.25.